The molecule has 0 radical (unpaired) electrons. The molecule has 1 unspecified atom stereocenters. The Morgan fingerprint density at radius 3 is 2.61 bits per heavy atom. The maximum Gasteiger partial charge on any atom is 0.134 e. The highest BCUT2D eigenvalue weighted by Crippen LogP contribution is 2.26. The fourth-order valence-corrected chi connectivity index (χ4v) is 3.77. The molecule has 2 aromatic rings. The molecule has 0 amide bonds. The normalized spacial score (nSPS) is 21.2. The van der Waals surface area contributed by atoms with Crippen LogP contribution in [0.5, 0.6) is 0 Å². The van der Waals surface area contributed by atoms with Gasteiger partial charge in [0.25, 0.3) is 0 Å². The van der Waals surface area contributed by atoms with Crippen LogP contribution in [0.1, 0.15) is 30.9 Å². The second-order valence-electron chi connectivity index (χ2n) is 6.87. The van der Waals surface area contributed by atoms with Gasteiger partial charge in [0.2, 0.25) is 0 Å². The number of hydrogen-bond acceptors (Lipinski definition) is 4. The molecule has 1 saturated heterocycles. The summed E-state index contributed by atoms with van der Waals surface area (Å²) in [4.78, 5) is 13.9. The SMILES string of the molecule is CC1CCCN(c2cc(N3CCc4ccccc4C3)ncn2)C1. The van der Waals surface area contributed by atoms with Gasteiger partial charge in [-0.2, -0.15) is 0 Å². The van der Waals surface area contributed by atoms with Crippen LogP contribution in [-0.2, 0) is 13.0 Å². The van der Waals surface area contributed by atoms with E-state index in [-0.39, 0.29) is 0 Å². The molecule has 0 aliphatic carbocycles. The molecule has 4 rings (SSSR count). The van der Waals surface area contributed by atoms with Crippen molar-refractivity contribution in [2.45, 2.75) is 32.7 Å². The van der Waals surface area contributed by atoms with Crippen LogP contribution in [0.2, 0.25) is 0 Å². The van der Waals surface area contributed by atoms with E-state index in [9.17, 15) is 0 Å². The van der Waals surface area contributed by atoms with Crippen molar-refractivity contribution in [3.05, 3.63) is 47.8 Å². The lowest BCUT2D eigenvalue weighted by Crippen LogP contribution is -2.35. The Kier molecular flexibility index (Phi) is 3.90. The molecule has 1 fully saturated rings. The van der Waals surface area contributed by atoms with Gasteiger partial charge in [-0.05, 0) is 36.3 Å². The number of hydrogen-bond donors (Lipinski definition) is 0. The number of piperidine rings is 1. The van der Waals surface area contributed by atoms with Crippen molar-refractivity contribution in [1.29, 1.82) is 0 Å². The van der Waals surface area contributed by atoms with Gasteiger partial charge < -0.3 is 9.80 Å². The lowest BCUT2D eigenvalue weighted by Gasteiger charge is -2.33. The third-order valence-corrected chi connectivity index (χ3v) is 5.07. The predicted octanol–water partition coefficient (Wildman–Crippen LogP) is 3.28. The zero-order chi connectivity index (χ0) is 15.6. The minimum Gasteiger partial charge on any atom is -0.356 e. The van der Waals surface area contributed by atoms with Crippen LogP contribution in [0.3, 0.4) is 0 Å². The van der Waals surface area contributed by atoms with Crippen molar-refractivity contribution < 1.29 is 0 Å². The van der Waals surface area contributed by atoms with Crippen LogP contribution in [0, 0.1) is 5.92 Å². The molecule has 0 saturated carbocycles. The quantitative estimate of drug-likeness (QED) is 0.852. The third-order valence-electron chi connectivity index (χ3n) is 5.07. The average molecular weight is 308 g/mol. The maximum atomic E-state index is 4.54. The van der Waals surface area contributed by atoms with Gasteiger partial charge in [0.15, 0.2) is 0 Å². The molecule has 1 aromatic heterocycles. The monoisotopic (exact) mass is 308 g/mol. The van der Waals surface area contributed by atoms with Gasteiger partial charge >= 0.3 is 0 Å². The molecule has 2 aliphatic heterocycles. The lowest BCUT2D eigenvalue weighted by molar-refractivity contribution is 0.444. The first-order chi connectivity index (χ1) is 11.3. The van der Waals surface area contributed by atoms with Gasteiger partial charge in [0, 0.05) is 32.2 Å². The van der Waals surface area contributed by atoms with Crippen molar-refractivity contribution in [2.24, 2.45) is 5.92 Å². The van der Waals surface area contributed by atoms with Gasteiger partial charge in [-0.3, -0.25) is 0 Å². The fourth-order valence-electron chi connectivity index (χ4n) is 3.77. The Morgan fingerprint density at radius 2 is 1.78 bits per heavy atom. The number of nitrogens with zero attached hydrogens (tertiary/aromatic N) is 4. The van der Waals surface area contributed by atoms with Gasteiger partial charge in [-0.25, -0.2) is 9.97 Å². The molecule has 4 nitrogen and oxygen atoms in total. The van der Waals surface area contributed by atoms with E-state index in [0.29, 0.717) is 0 Å². The second kappa shape index (κ2) is 6.19. The van der Waals surface area contributed by atoms with Gasteiger partial charge in [-0.15, -0.1) is 0 Å². The Balaban J connectivity index is 1.55. The third kappa shape index (κ3) is 3.03. The van der Waals surface area contributed by atoms with Crippen LogP contribution in [0.4, 0.5) is 11.6 Å². The summed E-state index contributed by atoms with van der Waals surface area (Å²) in [6.45, 7) is 6.53. The van der Waals surface area contributed by atoms with Crippen LogP contribution >= 0.6 is 0 Å². The Hall–Kier alpha value is -2.10. The molecule has 4 heteroatoms. The zero-order valence-corrected chi connectivity index (χ0v) is 13.8. The van der Waals surface area contributed by atoms with Gasteiger partial charge in [0.1, 0.15) is 18.0 Å². The van der Waals surface area contributed by atoms with E-state index in [1.807, 2.05) is 0 Å². The minimum absolute atomic E-state index is 0.754. The van der Waals surface area contributed by atoms with Gasteiger partial charge in [0.05, 0.1) is 0 Å². The van der Waals surface area contributed by atoms with E-state index < -0.39 is 0 Å². The van der Waals surface area contributed by atoms with E-state index >= 15 is 0 Å². The summed E-state index contributed by atoms with van der Waals surface area (Å²) in [5, 5.41) is 0. The van der Waals surface area contributed by atoms with Crippen molar-refractivity contribution in [2.75, 3.05) is 29.4 Å². The summed E-state index contributed by atoms with van der Waals surface area (Å²) in [7, 11) is 0. The summed E-state index contributed by atoms with van der Waals surface area (Å²) >= 11 is 0. The topological polar surface area (TPSA) is 32.3 Å². The summed E-state index contributed by atoms with van der Waals surface area (Å²) in [5.41, 5.74) is 2.90. The molecule has 0 spiro atoms. The molecule has 120 valence electrons. The Labute approximate surface area is 138 Å². The number of rotatable bonds is 2. The molecule has 0 N–H and O–H groups in total. The summed E-state index contributed by atoms with van der Waals surface area (Å²) in [6, 6.07) is 10.9. The molecule has 2 aliphatic rings. The molecule has 23 heavy (non-hydrogen) atoms. The standard InChI is InChI=1S/C19H24N4/c1-15-5-4-9-22(12-15)18-11-19(21-14-20-18)23-10-8-16-6-2-3-7-17(16)13-23/h2-3,6-7,11,14-15H,4-5,8-10,12-13H2,1H3. The number of fused-ring (bicyclic) bond motifs is 1. The second-order valence-corrected chi connectivity index (χ2v) is 6.87. The summed E-state index contributed by atoms with van der Waals surface area (Å²) in [5.74, 6) is 2.90. The Bertz CT molecular complexity index is 685. The minimum atomic E-state index is 0.754. The van der Waals surface area contributed by atoms with E-state index in [1.165, 1.54) is 24.0 Å². The van der Waals surface area contributed by atoms with E-state index in [0.717, 1.165) is 50.2 Å². The highest BCUT2D eigenvalue weighted by Gasteiger charge is 2.21. The number of benzene rings is 1. The molecular weight excluding hydrogens is 284 g/mol. The first kappa shape index (κ1) is 14.5. The lowest BCUT2D eigenvalue weighted by atomic mass is 10.00. The molecule has 3 heterocycles. The smallest absolute Gasteiger partial charge is 0.134 e. The highest BCUT2D eigenvalue weighted by atomic mass is 15.2. The predicted molar refractivity (Wildman–Crippen MR) is 93.8 cm³/mol. The molecule has 1 aromatic carbocycles. The van der Waals surface area contributed by atoms with Crippen molar-refractivity contribution in [3.8, 4) is 0 Å². The summed E-state index contributed by atoms with van der Waals surface area (Å²) in [6.07, 6.45) is 5.41. The zero-order valence-electron chi connectivity index (χ0n) is 13.8. The van der Waals surface area contributed by atoms with Crippen LogP contribution < -0.4 is 9.80 Å². The number of aromatic nitrogens is 2. The molecule has 0 bridgehead atoms. The first-order valence-corrected chi connectivity index (χ1v) is 8.68. The van der Waals surface area contributed by atoms with Crippen LogP contribution in [0.15, 0.2) is 36.7 Å². The molecular formula is C19H24N4. The van der Waals surface area contributed by atoms with Crippen LogP contribution in [0.25, 0.3) is 0 Å². The van der Waals surface area contributed by atoms with Crippen molar-refractivity contribution in [1.82, 2.24) is 9.97 Å². The summed E-state index contributed by atoms with van der Waals surface area (Å²) < 4.78 is 0. The van der Waals surface area contributed by atoms with Crippen molar-refractivity contribution in [3.63, 3.8) is 0 Å². The van der Waals surface area contributed by atoms with Crippen molar-refractivity contribution >= 4 is 11.6 Å². The van der Waals surface area contributed by atoms with E-state index in [4.69, 9.17) is 0 Å². The largest absolute Gasteiger partial charge is 0.356 e. The highest BCUT2D eigenvalue weighted by molar-refractivity contribution is 5.52. The van der Waals surface area contributed by atoms with Gasteiger partial charge in [-0.1, -0.05) is 31.2 Å². The van der Waals surface area contributed by atoms with Crippen LogP contribution in [-0.4, -0.2) is 29.6 Å². The first-order valence-electron chi connectivity index (χ1n) is 8.68. The van der Waals surface area contributed by atoms with E-state index in [1.54, 1.807) is 6.33 Å². The molecule has 1 atom stereocenters. The maximum absolute atomic E-state index is 4.54. The van der Waals surface area contributed by atoms with E-state index in [2.05, 4.69) is 57.0 Å². The fraction of sp³-hybridized carbons (Fsp3) is 0.474. The average Bonchev–Trinajstić information content (AvgIpc) is 2.61. The Morgan fingerprint density at radius 1 is 1.00 bits per heavy atom. The number of anilines is 2.